The lowest BCUT2D eigenvalue weighted by atomic mass is 10.1. The van der Waals surface area contributed by atoms with Crippen molar-refractivity contribution in [2.75, 3.05) is 38.5 Å². The van der Waals surface area contributed by atoms with Gasteiger partial charge in [-0.3, -0.25) is 14.4 Å². The molecule has 0 spiro atoms. The summed E-state index contributed by atoms with van der Waals surface area (Å²) < 4.78 is 0. The Morgan fingerprint density at radius 3 is 2.48 bits per heavy atom. The van der Waals surface area contributed by atoms with Crippen LogP contribution in [0.4, 0.5) is 5.69 Å². The Hall–Kier alpha value is -2.57. The zero-order chi connectivity index (χ0) is 16.7. The number of rotatable bonds is 6. The first-order chi connectivity index (χ1) is 11.1. The van der Waals surface area contributed by atoms with Gasteiger partial charge in [0.2, 0.25) is 11.8 Å². The van der Waals surface area contributed by atoms with E-state index in [-0.39, 0.29) is 30.8 Å². The summed E-state index contributed by atoms with van der Waals surface area (Å²) >= 11 is 0. The van der Waals surface area contributed by atoms with Gasteiger partial charge in [0, 0.05) is 25.8 Å². The molecule has 3 amide bonds. The molecule has 0 aromatic heterocycles. The van der Waals surface area contributed by atoms with Crippen LogP contribution in [-0.2, 0) is 9.59 Å². The van der Waals surface area contributed by atoms with E-state index in [4.69, 9.17) is 0 Å². The number of likely N-dealkylation sites (tertiary alicyclic amines) is 1. The lowest BCUT2D eigenvalue weighted by molar-refractivity contribution is -0.131. The second kappa shape index (κ2) is 8.17. The number of carbonyl (C=O) groups is 3. The van der Waals surface area contributed by atoms with Gasteiger partial charge in [0.15, 0.2) is 0 Å². The standard InChI is InChI=1S/C16H22N4O3/c1-17-16(23)12-6-2-3-7-13(12)18-10-14(21)19-11-15(22)20-8-4-5-9-20/h2-3,6-7,18H,4-5,8-11H2,1H3,(H,17,23)(H,19,21). The van der Waals surface area contributed by atoms with Gasteiger partial charge in [-0.1, -0.05) is 12.1 Å². The number of hydrogen-bond donors (Lipinski definition) is 3. The zero-order valence-electron chi connectivity index (χ0n) is 13.2. The monoisotopic (exact) mass is 318 g/mol. The second-order valence-electron chi connectivity index (χ2n) is 5.34. The number of anilines is 1. The fraction of sp³-hybridized carbons (Fsp3) is 0.438. The van der Waals surface area contributed by atoms with E-state index < -0.39 is 0 Å². The first kappa shape index (κ1) is 16.8. The minimum absolute atomic E-state index is 0.00128. The molecular formula is C16H22N4O3. The molecule has 1 aromatic carbocycles. The highest BCUT2D eigenvalue weighted by atomic mass is 16.2. The van der Waals surface area contributed by atoms with E-state index in [0.717, 1.165) is 25.9 Å². The first-order valence-electron chi connectivity index (χ1n) is 7.71. The molecule has 0 saturated carbocycles. The normalized spacial score (nSPS) is 13.5. The van der Waals surface area contributed by atoms with Crippen LogP contribution >= 0.6 is 0 Å². The van der Waals surface area contributed by atoms with Gasteiger partial charge in [-0.25, -0.2) is 0 Å². The molecule has 7 heteroatoms. The van der Waals surface area contributed by atoms with E-state index in [1.54, 1.807) is 36.2 Å². The number of para-hydroxylation sites is 1. The Morgan fingerprint density at radius 2 is 1.78 bits per heavy atom. The molecule has 0 unspecified atom stereocenters. The molecule has 3 N–H and O–H groups in total. The van der Waals surface area contributed by atoms with Crippen LogP contribution in [0.1, 0.15) is 23.2 Å². The SMILES string of the molecule is CNC(=O)c1ccccc1NCC(=O)NCC(=O)N1CCCC1. The molecule has 1 aromatic rings. The van der Waals surface area contributed by atoms with Gasteiger partial charge in [0.25, 0.3) is 5.91 Å². The molecule has 0 radical (unpaired) electrons. The molecular weight excluding hydrogens is 296 g/mol. The van der Waals surface area contributed by atoms with Crippen LogP contribution in [0.3, 0.4) is 0 Å². The molecule has 124 valence electrons. The number of carbonyl (C=O) groups excluding carboxylic acids is 3. The predicted molar refractivity (Wildman–Crippen MR) is 87.1 cm³/mol. The van der Waals surface area contributed by atoms with Crippen molar-refractivity contribution in [3.63, 3.8) is 0 Å². The lowest BCUT2D eigenvalue weighted by Gasteiger charge is -2.16. The Kier molecular flexibility index (Phi) is 5.96. The average molecular weight is 318 g/mol. The Labute approximate surface area is 135 Å². The Balaban J connectivity index is 1.80. The average Bonchev–Trinajstić information content (AvgIpc) is 3.12. The summed E-state index contributed by atoms with van der Waals surface area (Å²) in [7, 11) is 1.55. The van der Waals surface area contributed by atoms with Crippen LogP contribution in [0.2, 0.25) is 0 Å². The van der Waals surface area contributed by atoms with E-state index in [2.05, 4.69) is 16.0 Å². The molecule has 23 heavy (non-hydrogen) atoms. The van der Waals surface area contributed by atoms with Crippen LogP contribution < -0.4 is 16.0 Å². The summed E-state index contributed by atoms with van der Waals surface area (Å²) in [5.41, 5.74) is 1.05. The maximum atomic E-state index is 11.8. The van der Waals surface area contributed by atoms with E-state index in [9.17, 15) is 14.4 Å². The number of amides is 3. The van der Waals surface area contributed by atoms with Crippen molar-refractivity contribution >= 4 is 23.4 Å². The van der Waals surface area contributed by atoms with E-state index in [1.165, 1.54) is 0 Å². The summed E-state index contributed by atoms with van der Waals surface area (Å²) in [6.07, 6.45) is 2.05. The fourth-order valence-corrected chi connectivity index (χ4v) is 2.46. The van der Waals surface area contributed by atoms with Gasteiger partial charge in [-0.05, 0) is 25.0 Å². The highest BCUT2D eigenvalue weighted by molar-refractivity contribution is 6.00. The zero-order valence-corrected chi connectivity index (χ0v) is 13.2. The summed E-state index contributed by atoms with van der Waals surface area (Å²) in [6.45, 7) is 1.55. The van der Waals surface area contributed by atoms with E-state index in [1.807, 2.05) is 0 Å². The molecule has 1 saturated heterocycles. The maximum absolute atomic E-state index is 11.8. The van der Waals surface area contributed by atoms with Crippen LogP contribution in [0.25, 0.3) is 0 Å². The summed E-state index contributed by atoms with van der Waals surface area (Å²) in [4.78, 5) is 37.2. The summed E-state index contributed by atoms with van der Waals surface area (Å²) in [5.74, 6) is -0.566. The van der Waals surface area contributed by atoms with Crippen molar-refractivity contribution in [2.45, 2.75) is 12.8 Å². The van der Waals surface area contributed by atoms with Crippen LogP contribution in [0.15, 0.2) is 24.3 Å². The fourth-order valence-electron chi connectivity index (χ4n) is 2.46. The third kappa shape index (κ3) is 4.70. The summed E-state index contributed by atoms with van der Waals surface area (Å²) in [5, 5.41) is 8.07. The van der Waals surface area contributed by atoms with Crippen LogP contribution in [-0.4, -0.2) is 55.8 Å². The minimum Gasteiger partial charge on any atom is -0.376 e. The number of nitrogens with zero attached hydrogens (tertiary/aromatic N) is 1. The lowest BCUT2D eigenvalue weighted by Crippen LogP contribution is -2.40. The largest absolute Gasteiger partial charge is 0.376 e. The van der Waals surface area contributed by atoms with Crippen molar-refractivity contribution in [3.8, 4) is 0 Å². The molecule has 1 heterocycles. The second-order valence-corrected chi connectivity index (χ2v) is 5.34. The van der Waals surface area contributed by atoms with Crippen molar-refractivity contribution < 1.29 is 14.4 Å². The molecule has 2 rings (SSSR count). The predicted octanol–water partition coefficient (Wildman–Crippen LogP) is 0.197. The quantitative estimate of drug-likeness (QED) is 0.699. The third-order valence-electron chi connectivity index (χ3n) is 3.73. The van der Waals surface area contributed by atoms with Gasteiger partial charge < -0.3 is 20.9 Å². The van der Waals surface area contributed by atoms with Crippen molar-refractivity contribution in [2.24, 2.45) is 0 Å². The van der Waals surface area contributed by atoms with Gasteiger partial charge >= 0.3 is 0 Å². The number of hydrogen-bond acceptors (Lipinski definition) is 4. The smallest absolute Gasteiger partial charge is 0.253 e. The Bertz CT molecular complexity index is 582. The number of nitrogens with one attached hydrogen (secondary N) is 3. The molecule has 0 atom stereocenters. The van der Waals surface area contributed by atoms with Gasteiger partial charge in [0.1, 0.15) is 0 Å². The first-order valence-corrected chi connectivity index (χ1v) is 7.71. The van der Waals surface area contributed by atoms with Crippen LogP contribution in [0.5, 0.6) is 0 Å². The van der Waals surface area contributed by atoms with E-state index >= 15 is 0 Å². The van der Waals surface area contributed by atoms with Crippen LogP contribution in [0, 0.1) is 0 Å². The highest BCUT2D eigenvalue weighted by Crippen LogP contribution is 2.14. The van der Waals surface area contributed by atoms with Gasteiger partial charge in [0.05, 0.1) is 18.7 Å². The highest BCUT2D eigenvalue weighted by Gasteiger charge is 2.18. The molecule has 1 aliphatic heterocycles. The minimum atomic E-state index is -0.288. The van der Waals surface area contributed by atoms with E-state index in [0.29, 0.717) is 11.3 Å². The van der Waals surface area contributed by atoms with Gasteiger partial charge in [-0.2, -0.15) is 0 Å². The topological polar surface area (TPSA) is 90.5 Å². The van der Waals surface area contributed by atoms with Gasteiger partial charge in [-0.15, -0.1) is 0 Å². The third-order valence-corrected chi connectivity index (χ3v) is 3.73. The molecule has 1 aliphatic rings. The Morgan fingerprint density at radius 1 is 1.09 bits per heavy atom. The number of benzene rings is 1. The molecule has 1 fully saturated rings. The molecule has 0 bridgehead atoms. The van der Waals surface area contributed by atoms with Crippen molar-refractivity contribution in [3.05, 3.63) is 29.8 Å². The molecule has 7 nitrogen and oxygen atoms in total. The van der Waals surface area contributed by atoms with Crippen molar-refractivity contribution in [1.29, 1.82) is 0 Å². The van der Waals surface area contributed by atoms with Crippen molar-refractivity contribution in [1.82, 2.24) is 15.5 Å². The summed E-state index contributed by atoms with van der Waals surface area (Å²) in [6, 6.07) is 6.94. The maximum Gasteiger partial charge on any atom is 0.253 e. The molecule has 0 aliphatic carbocycles.